The van der Waals surface area contributed by atoms with Gasteiger partial charge in [0.05, 0.1) is 18.2 Å². The maximum Gasteiger partial charge on any atom is 0.180 e. The van der Waals surface area contributed by atoms with Crippen molar-refractivity contribution in [1.82, 2.24) is 5.32 Å². The average molecular weight is 467 g/mol. The summed E-state index contributed by atoms with van der Waals surface area (Å²) in [6.45, 7) is 1.08. The molecule has 0 aliphatic carbocycles. The van der Waals surface area contributed by atoms with Crippen molar-refractivity contribution in [2.75, 3.05) is 13.7 Å². The Morgan fingerprint density at radius 2 is 1.63 bits per heavy atom. The van der Waals surface area contributed by atoms with Gasteiger partial charge in [0.1, 0.15) is 6.61 Å². The van der Waals surface area contributed by atoms with Gasteiger partial charge in [0.2, 0.25) is 0 Å². The first-order valence-corrected chi connectivity index (χ1v) is 10.5. The molecular weight excluding hydrogens is 445 g/mol. The fourth-order valence-corrected chi connectivity index (χ4v) is 3.77. The number of rotatable bonds is 9. The van der Waals surface area contributed by atoms with Gasteiger partial charge in [-0.05, 0) is 35.4 Å². The fraction of sp³-hybridized carbons (Fsp3) is 0.217. The highest BCUT2D eigenvalue weighted by Crippen LogP contribution is 2.38. The van der Waals surface area contributed by atoms with Gasteiger partial charge in [0.15, 0.2) is 11.5 Å². The number of halogens is 3. The molecule has 0 bridgehead atoms. The van der Waals surface area contributed by atoms with Crippen LogP contribution in [0.1, 0.15) is 22.8 Å². The van der Waals surface area contributed by atoms with Crippen LogP contribution in [0, 0.1) is 0 Å². The predicted octanol–water partition coefficient (Wildman–Crippen LogP) is 6.06. The molecule has 3 rings (SSSR count). The summed E-state index contributed by atoms with van der Waals surface area (Å²) in [5.41, 5.74) is 2.45. The van der Waals surface area contributed by atoms with Gasteiger partial charge in [-0.15, -0.1) is 0 Å². The first kappa shape index (κ1) is 22.7. The van der Waals surface area contributed by atoms with E-state index in [1.54, 1.807) is 31.4 Å². The van der Waals surface area contributed by atoms with Gasteiger partial charge < -0.3 is 19.9 Å². The Balaban J connectivity index is 1.65. The topological polar surface area (TPSA) is 50.7 Å². The molecule has 0 radical (unpaired) electrons. The van der Waals surface area contributed by atoms with Crippen molar-refractivity contribution in [2.24, 2.45) is 0 Å². The van der Waals surface area contributed by atoms with Crippen molar-refractivity contribution >= 4 is 34.8 Å². The number of hydrogen-bond donors (Lipinski definition) is 2. The molecule has 0 amide bonds. The highest BCUT2D eigenvalue weighted by atomic mass is 35.5. The fourth-order valence-electron chi connectivity index (χ4n) is 2.98. The van der Waals surface area contributed by atoms with Gasteiger partial charge in [0, 0.05) is 28.7 Å². The normalized spacial score (nSPS) is 11.9. The minimum absolute atomic E-state index is 0.162. The van der Waals surface area contributed by atoms with E-state index in [2.05, 4.69) is 5.32 Å². The molecule has 7 heteroatoms. The van der Waals surface area contributed by atoms with Crippen LogP contribution in [0.15, 0.2) is 60.7 Å². The maximum atomic E-state index is 10.3. The molecule has 4 nitrogen and oxygen atoms in total. The molecule has 0 spiro atoms. The van der Waals surface area contributed by atoms with E-state index in [1.165, 1.54) is 0 Å². The summed E-state index contributed by atoms with van der Waals surface area (Å²) >= 11 is 18.9. The lowest BCUT2D eigenvalue weighted by Gasteiger charge is -2.16. The number of methoxy groups -OCH3 is 1. The molecule has 3 aromatic carbocycles. The van der Waals surface area contributed by atoms with Gasteiger partial charge >= 0.3 is 0 Å². The minimum Gasteiger partial charge on any atom is -0.493 e. The second kappa shape index (κ2) is 10.9. The standard InChI is InChI=1S/C23H22Cl3NO3/c1-29-22-11-15(12-27-13-21(28)16-6-3-2-4-7-16)10-20(26)23(22)30-14-17-18(24)8-5-9-19(17)25/h2-11,21,27-28H,12-14H2,1H3/t21-/m1/s1. The third-order valence-electron chi connectivity index (χ3n) is 4.56. The van der Waals surface area contributed by atoms with Crippen LogP contribution in [0.3, 0.4) is 0 Å². The van der Waals surface area contributed by atoms with Gasteiger partial charge in [-0.25, -0.2) is 0 Å². The molecule has 0 saturated heterocycles. The summed E-state index contributed by atoms with van der Waals surface area (Å²) in [6.07, 6.45) is -0.591. The van der Waals surface area contributed by atoms with Crippen LogP contribution >= 0.6 is 34.8 Å². The van der Waals surface area contributed by atoms with Gasteiger partial charge in [-0.3, -0.25) is 0 Å². The molecule has 0 saturated carbocycles. The zero-order chi connectivity index (χ0) is 21.5. The van der Waals surface area contributed by atoms with Crippen molar-refractivity contribution in [2.45, 2.75) is 19.3 Å². The third kappa shape index (κ3) is 5.81. The number of ether oxygens (including phenoxy) is 2. The van der Waals surface area contributed by atoms with Crippen molar-refractivity contribution in [3.63, 3.8) is 0 Å². The number of hydrogen-bond acceptors (Lipinski definition) is 4. The quantitative estimate of drug-likeness (QED) is 0.402. The second-order valence-corrected chi connectivity index (χ2v) is 7.88. The molecule has 1 atom stereocenters. The average Bonchev–Trinajstić information content (AvgIpc) is 2.74. The van der Waals surface area contributed by atoms with E-state index >= 15 is 0 Å². The van der Waals surface area contributed by atoms with Gasteiger partial charge in [-0.2, -0.15) is 0 Å². The van der Waals surface area contributed by atoms with E-state index < -0.39 is 6.10 Å². The van der Waals surface area contributed by atoms with Crippen molar-refractivity contribution in [3.05, 3.63) is 92.4 Å². The largest absolute Gasteiger partial charge is 0.493 e. The van der Waals surface area contributed by atoms with E-state index in [1.807, 2.05) is 36.4 Å². The lowest BCUT2D eigenvalue weighted by atomic mass is 10.1. The van der Waals surface area contributed by atoms with Crippen molar-refractivity contribution in [1.29, 1.82) is 0 Å². The molecule has 0 heterocycles. The summed E-state index contributed by atoms with van der Waals surface area (Å²) in [4.78, 5) is 0. The Morgan fingerprint density at radius 1 is 0.933 bits per heavy atom. The third-order valence-corrected chi connectivity index (χ3v) is 5.55. The summed E-state index contributed by atoms with van der Waals surface area (Å²) in [5.74, 6) is 0.925. The van der Waals surface area contributed by atoms with Gasteiger partial charge in [-0.1, -0.05) is 71.2 Å². The van der Waals surface area contributed by atoms with Gasteiger partial charge in [0.25, 0.3) is 0 Å². The zero-order valence-corrected chi connectivity index (χ0v) is 18.6. The number of aliphatic hydroxyl groups is 1. The smallest absolute Gasteiger partial charge is 0.180 e. The Labute approximate surface area is 191 Å². The minimum atomic E-state index is -0.591. The molecule has 30 heavy (non-hydrogen) atoms. The Hall–Kier alpha value is -1.95. The van der Waals surface area contributed by atoms with E-state index in [-0.39, 0.29) is 6.61 Å². The van der Waals surface area contributed by atoms with Crippen molar-refractivity contribution < 1.29 is 14.6 Å². The van der Waals surface area contributed by atoms with E-state index in [4.69, 9.17) is 44.3 Å². The lowest BCUT2D eigenvalue weighted by Crippen LogP contribution is -2.21. The monoisotopic (exact) mass is 465 g/mol. The lowest BCUT2D eigenvalue weighted by molar-refractivity contribution is 0.174. The van der Waals surface area contributed by atoms with Crippen LogP contribution in [0.25, 0.3) is 0 Å². The van der Waals surface area contributed by atoms with E-state index in [9.17, 15) is 5.11 Å². The molecule has 0 unspecified atom stereocenters. The van der Waals surface area contributed by atoms with Crippen LogP contribution < -0.4 is 14.8 Å². The number of nitrogens with one attached hydrogen (secondary N) is 1. The van der Waals surface area contributed by atoms with E-state index in [0.717, 1.165) is 11.1 Å². The maximum absolute atomic E-state index is 10.3. The van der Waals surface area contributed by atoms with Crippen molar-refractivity contribution in [3.8, 4) is 11.5 Å². The predicted molar refractivity (Wildman–Crippen MR) is 122 cm³/mol. The Morgan fingerprint density at radius 3 is 2.30 bits per heavy atom. The van der Waals surface area contributed by atoms with Crippen LogP contribution in [-0.2, 0) is 13.2 Å². The molecule has 2 N–H and O–H groups in total. The summed E-state index contributed by atoms with van der Waals surface area (Å²) in [5, 5.41) is 15.0. The Kier molecular flexibility index (Phi) is 8.25. The second-order valence-electron chi connectivity index (χ2n) is 6.66. The summed E-state index contributed by atoms with van der Waals surface area (Å²) in [7, 11) is 1.55. The first-order valence-electron chi connectivity index (χ1n) is 9.35. The summed E-state index contributed by atoms with van der Waals surface area (Å²) < 4.78 is 11.3. The molecule has 0 aliphatic rings. The highest BCUT2D eigenvalue weighted by molar-refractivity contribution is 6.36. The highest BCUT2D eigenvalue weighted by Gasteiger charge is 2.15. The van der Waals surface area contributed by atoms with E-state index in [0.29, 0.717) is 45.2 Å². The molecular formula is C23H22Cl3NO3. The van der Waals surface area contributed by atoms with Crippen LogP contribution in [0.2, 0.25) is 15.1 Å². The number of benzene rings is 3. The first-order chi connectivity index (χ1) is 14.5. The molecule has 3 aromatic rings. The molecule has 0 aliphatic heterocycles. The summed E-state index contributed by atoms with van der Waals surface area (Å²) in [6, 6.07) is 18.4. The number of aliphatic hydroxyl groups excluding tert-OH is 1. The Bertz CT molecular complexity index is 963. The van der Waals surface area contributed by atoms with Crippen LogP contribution in [0.4, 0.5) is 0 Å². The van der Waals surface area contributed by atoms with Crippen LogP contribution in [-0.4, -0.2) is 18.8 Å². The van der Waals surface area contributed by atoms with Crippen LogP contribution in [0.5, 0.6) is 11.5 Å². The molecule has 0 fully saturated rings. The SMILES string of the molecule is COc1cc(CNC[C@@H](O)c2ccccc2)cc(Cl)c1OCc1c(Cl)cccc1Cl. The molecule has 0 aromatic heterocycles. The molecule has 158 valence electrons. The zero-order valence-electron chi connectivity index (χ0n) is 16.4.